The van der Waals surface area contributed by atoms with Crippen LogP contribution in [0.4, 0.5) is 0 Å². The molecular formula is C44H29N. The maximum Gasteiger partial charge on any atom is 0.0713 e. The van der Waals surface area contributed by atoms with Crippen molar-refractivity contribution in [3.8, 4) is 27.9 Å². The van der Waals surface area contributed by atoms with E-state index < -0.39 is 5.41 Å². The van der Waals surface area contributed by atoms with Gasteiger partial charge in [-0.05, 0) is 92.4 Å². The number of benzene rings is 7. The molecule has 210 valence electrons. The second-order valence-electron chi connectivity index (χ2n) is 12.4. The van der Waals surface area contributed by atoms with Gasteiger partial charge in [0.05, 0.1) is 16.4 Å². The normalized spacial score (nSPS) is 13.9. The number of hydrogen-bond acceptors (Lipinski definition) is 0. The molecule has 1 aromatic heterocycles. The third kappa shape index (κ3) is 3.22. The highest BCUT2D eigenvalue weighted by Gasteiger charge is 2.46. The Morgan fingerprint density at radius 2 is 1.04 bits per heavy atom. The minimum absolute atomic E-state index is 0.426. The van der Waals surface area contributed by atoms with Crippen molar-refractivity contribution in [1.29, 1.82) is 0 Å². The number of para-hydroxylation sites is 1. The van der Waals surface area contributed by atoms with E-state index in [9.17, 15) is 0 Å². The summed E-state index contributed by atoms with van der Waals surface area (Å²) in [7, 11) is 0. The maximum absolute atomic E-state index is 2.52. The van der Waals surface area contributed by atoms with Gasteiger partial charge < -0.3 is 4.57 Å². The van der Waals surface area contributed by atoms with Gasteiger partial charge in [-0.25, -0.2) is 0 Å². The third-order valence-corrected chi connectivity index (χ3v) is 10.3. The van der Waals surface area contributed by atoms with E-state index in [1.165, 1.54) is 83.1 Å². The molecule has 0 saturated carbocycles. The lowest BCUT2D eigenvalue weighted by atomic mass is 9.67. The fraction of sp³-hybridized carbons (Fsp3) is 0.0455. The molecular weight excluding hydrogens is 542 g/mol. The van der Waals surface area contributed by atoms with Crippen molar-refractivity contribution in [3.63, 3.8) is 0 Å². The summed E-state index contributed by atoms with van der Waals surface area (Å²) in [5.41, 5.74) is 16.8. The number of fused-ring (bicyclic) bond motifs is 10. The minimum atomic E-state index is -0.426. The van der Waals surface area contributed by atoms with E-state index in [1.54, 1.807) is 0 Å². The summed E-state index contributed by atoms with van der Waals surface area (Å²) in [6, 6.07) is 60.9. The first-order valence-corrected chi connectivity index (χ1v) is 15.8. The van der Waals surface area contributed by atoms with Crippen LogP contribution in [0.3, 0.4) is 0 Å². The van der Waals surface area contributed by atoms with Crippen LogP contribution in [0.15, 0.2) is 164 Å². The first-order valence-electron chi connectivity index (χ1n) is 15.8. The highest BCUT2D eigenvalue weighted by atomic mass is 15.0. The van der Waals surface area contributed by atoms with Crippen LogP contribution in [0.25, 0.3) is 49.7 Å². The second-order valence-corrected chi connectivity index (χ2v) is 12.4. The van der Waals surface area contributed by atoms with Crippen LogP contribution in [0.1, 0.15) is 33.4 Å². The van der Waals surface area contributed by atoms with E-state index in [0.29, 0.717) is 0 Å². The molecule has 0 spiro atoms. The van der Waals surface area contributed by atoms with Crippen molar-refractivity contribution in [1.82, 2.24) is 4.57 Å². The van der Waals surface area contributed by atoms with Gasteiger partial charge in [0.15, 0.2) is 0 Å². The molecule has 0 amide bonds. The van der Waals surface area contributed by atoms with Crippen LogP contribution in [0.2, 0.25) is 0 Å². The van der Waals surface area contributed by atoms with Gasteiger partial charge in [-0.3, -0.25) is 0 Å². The number of hydrogen-bond donors (Lipinski definition) is 0. The molecule has 45 heavy (non-hydrogen) atoms. The predicted molar refractivity (Wildman–Crippen MR) is 186 cm³/mol. The summed E-state index contributed by atoms with van der Waals surface area (Å²) in [4.78, 5) is 0. The van der Waals surface area contributed by atoms with Gasteiger partial charge in [-0.15, -0.1) is 0 Å². The standard InChI is InChI=1S/C44H29N/c1-3-14-30(15-4-1)44(39-21-11-9-19-35(39)36-20-10-12-22-40(36)44)31-23-25-41-38(28-31)43-37-27-29-13-7-8-18-33(29)34(37)24-26-42(43)45(41)32-16-5-2-6-17-32/h1-26,28H,27H2. The molecule has 0 atom stereocenters. The van der Waals surface area contributed by atoms with Crippen LogP contribution < -0.4 is 0 Å². The lowest BCUT2D eigenvalue weighted by Gasteiger charge is -2.34. The minimum Gasteiger partial charge on any atom is -0.309 e. The van der Waals surface area contributed by atoms with Crippen molar-refractivity contribution in [2.24, 2.45) is 0 Å². The predicted octanol–water partition coefficient (Wildman–Crippen LogP) is 10.7. The smallest absolute Gasteiger partial charge is 0.0713 e. The molecule has 0 fully saturated rings. The van der Waals surface area contributed by atoms with Gasteiger partial charge in [0.25, 0.3) is 0 Å². The van der Waals surface area contributed by atoms with E-state index in [4.69, 9.17) is 0 Å². The van der Waals surface area contributed by atoms with Crippen LogP contribution in [-0.4, -0.2) is 4.57 Å². The summed E-state index contributed by atoms with van der Waals surface area (Å²) in [6.45, 7) is 0. The van der Waals surface area contributed by atoms with E-state index in [0.717, 1.165) is 6.42 Å². The molecule has 1 heteroatoms. The Morgan fingerprint density at radius 3 is 1.78 bits per heavy atom. The van der Waals surface area contributed by atoms with Crippen LogP contribution in [0.5, 0.6) is 0 Å². The molecule has 0 aliphatic heterocycles. The molecule has 0 saturated heterocycles. The van der Waals surface area contributed by atoms with Crippen molar-refractivity contribution in [2.75, 3.05) is 0 Å². The summed E-state index contributed by atoms with van der Waals surface area (Å²) in [6.07, 6.45) is 0.955. The van der Waals surface area contributed by atoms with E-state index in [-0.39, 0.29) is 0 Å². The number of rotatable bonds is 3. The zero-order valence-electron chi connectivity index (χ0n) is 24.7. The SMILES string of the molecule is c1ccc(-n2c3ccc(C4(c5ccccc5)c5ccccc5-c5ccccc54)cc3c3c4c(ccc32)-c2ccccc2C4)cc1. The zero-order chi connectivity index (χ0) is 29.5. The van der Waals surface area contributed by atoms with Crippen LogP contribution in [0, 0.1) is 0 Å². The summed E-state index contributed by atoms with van der Waals surface area (Å²) in [5, 5.41) is 2.68. The summed E-state index contributed by atoms with van der Waals surface area (Å²) < 4.78 is 2.46. The molecule has 7 aromatic carbocycles. The average Bonchev–Trinajstić information content (AvgIpc) is 3.75. The Hall–Kier alpha value is -5.66. The van der Waals surface area contributed by atoms with E-state index in [2.05, 4.69) is 168 Å². The first-order chi connectivity index (χ1) is 22.3. The van der Waals surface area contributed by atoms with Crippen molar-refractivity contribution >= 4 is 21.8 Å². The Bertz CT molecular complexity index is 2400. The highest BCUT2D eigenvalue weighted by Crippen LogP contribution is 2.56. The summed E-state index contributed by atoms with van der Waals surface area (Å²) >= 11 is 0. The monoisotopic (exact) mass is 571 g/mol. The molecule has 0 N–H and O–H groups in total. The Morgan fingerprint density at radius 1 is 0.444 bits per heavy atom. The van der Waals surface area contributed by atoms with E-state index in [1.807, 2.05) is 0 Å². The first kappa shape index (κ1) is 24.7. The molecule has 0 unspecified atom stereocenters. The van der Waals surface area contributed by atoms with Gasteiger partial charge in [-0.2, -0.15) is 0 Å². The molecule has 8 aromatic rings. The highest BCUT2D eigenvalue weighted by molar-refractivity contribution is 6.14. The Labute approximate surface area is 262 Å². The molecule has 10 rings (SSSR count). The fourth-order valence-corrected chi connectivity index (χ4v) is 8.55. The van der Waals surface area contributed by atoms with Crippen molar-refractivity contribution < 1.29 is 0 Å². The zero-order valence-corrected chi connectivity index (χ0v) is 24.7. The summed E-state index contributed by atoms with van der Waals surface area (Å²) in [5.74, 6) is 0. The molecule has 0 bridgehead atoms. The van der Waals surface area contributed by atoms with Crippen LogP contribution >= 0.6 is 0 Å². The maximum atomic E-state index is 2.52. The molecule has 2 aliphatic carbocycles. The van der Waals surface area contributed by atoms with Crippen molar-refractivity contribution in [3.05, 3.63) is 197 Å². The molecule has 1 heterocycles. The van der Waals surface area contributed by atoms with Gasteiger partial charge in [0.2, 0.25) is 0 Å². The van der Waals surface area contributed by atoms with Crippen molar-refractivity contribution in [2.45, 2.75) is 11.8 Å². The fourth-order valence-electron chi connectivity index (χ4n) is 8.55. The molecule has 1 nitrogen and oxygen atoms in total. The van der Waals surface area contributed by atoms with Crippen LogP contribution in [-0.2, 0) is 11.8 Å². The van der Waals surface area contributed by atoms with Gasteiger partial charge >= 0.3 is 0 Å². The quantitative estimate of drug-likeness (QED) is 0.199. The van der Waals surface area contributed by atoms with Gasteiger partial charge in [-0.1, -0.05) is 133 Å². The largest absolute Gasteiger partial charge is 0.309 e. The number of aromatic nitrogens is 1. The topological polar surface area (TPSA) is 4.93 Å². The lowest BCUT2D eigenvalue weighted by Crippen LogP contribution is -2.28. The molecule has 0 radical (unpaired) electrons. The average molecular weight is 572 g/mol. The van der Waals surface area contributed by atoms with Gasteiger partial charge in [0.1, 0.15) is 0 Å². The third-order valence-electron chi connectivity index (χ3n) is 10.3. The lowest BCUT2D eigenvalue weighted by molar-refractivity contribution is 0.770. The second kappa shape index (κ2) is 9.17. The van der Waals surface area contributed by atoms with Gasteiger partial charge in [0, 0.05) is 16.5 Å². The Kier molecular flexibility index (Phi) is 5.04. The molecule has 2 aliphatic rings. The van der Waals surface area contributed by atoms with E-state index >= 15 is 0 Å². The Balaban J connectivity index is 1.35. The number of nitrogens with zero attached hydrogens (tertiary/aromatic N) is 1.